The monoisotopic (exact) mass is 232 g/mol. The summed E-state index contributed by atoms with van der Waals surface area (Å²) >= 11 is 0. The van der Waals surface area contributed by atoms with Crippen LogP contribution in [-0.4, -0.2) is 14.6 Å². The quantitative estimate of drug-likeness (QED) is 0.633. The van der Waals surface area contributed by atoms with Crippen molar-refractivity contribution in [1.82, 2.24) is 9.71 Å². The zero-order valence-electron chi connectivity index (χ0n) is 8.61. The topological polar surface area (TPSA) is 94.0 Å². The van der Waals surface area contributed by atoms with Gasteiger partial charge in [0, 0.05) is 24.7 Å². The maximum atomic E-state index is 10.7. The van der Waals surface area contributed by atoms with Crippen molar-refractivity contribution in [2.24, 2.45) is 0 Å². The van der Waals surface area contributed by atoms with Gasteiger partial charge in [-0.3, -0.25) is 10.1 Å². The molecule has 2 rings (SSSR count). The summed E-state index contributed by atoms with van der Waals surface area (Å²) in [4.78, 5) is 19.1. The number of hydrogen-bond donors (Lipinski definition) is 1. The number of pyridine rings is 2. The Balaban J connectivity index is 2.33. The van der Waals surface area contributed by atoms with Crippen LogP contribution in [0.5, 0.6) is 5.88 Å². The molecule has 0 bridgehead atoms. The van der Waals surface area contributed by atoms with Gasteiger partial charge in [0.05, 0.1) is 10.3 Å². The van der Waals surface area contributed by atoms with Gasteiger partial charge in [0.25, 0.3) is 0 Å². The largest absolute Gasteiger partial charge is 0.348 e. The van der Waals surface area contributed by atoms with Crippen LogP contribution in [0, 0.1) is 15.5 Å². The normalized spacial score (nSPS) is 9.88. The molecule has 0 atom stereocenters. The van der Waals surface area contributed by atoms with Gasteiger partial charge in [0.15, 0.2) is 0 Å². The molecule has 0 saturated heterocycles. The summed E-state index contributed by atoms with van der Waals surface area (Å²) in [6, 6.07) is 5.76. The van der Waals surface area contributed by atoms with E-state index < -0.39 is 4.92 Å². The summed E-state index contributed by atoms with van der Waals surface area (Å²) in [7, 11) is 0. The van der Waals surface area contributed by atoms with Crippen molar-refractivity contribution in [3.8, 4) is 5.88 Å². The van der Waals surface area contributed by atoms with E-state index in [1.165, 1.54) is 47.6 Å². The molecule has 0 aliphatic carbocycles. The Morgan fingerprint density at radius 2 is 2.06 bits per heavy atom. The average Bonchev–Trinajstić information content (AvgIpc) is 2.32. The first-order chi connectivity index (χ1) is 8.16. The summed E-state index contributed by atoms with van der Waals surface area (Å²) < 4.78 is 1.24. The van der Waals surface area contributed by atoms with Crippen molar-refractivity contribution >= 4 is 5.69 Å². The van der Waals surface area contributed by atoms with Crippen LogP contribution in [0.25, 0.3) is 0 Å². The minimum atomic E-state index is -0.568. The van der Waals surface area contributed by atoms with Gasteiger partial charge < -0.3 is 10.2 Å². The Kier molecular flexibility index (Phi) is 2.82. The summed E-state index contributed by atoms with van der Waals surface area (Å²) in [6.07, 6.45) is 4.35. The second-order valence-electron chi connectivity index (χ2n) is 3.12. The Morgan fingerprint density at radius 3 is 2.71 bits per heavy atom. The lowest BCUT2D eigenvalue weighted by Gasteiger charge is -2.06. The van der Waals surface area contributed by atoms with Crippen molar-refractivity contribution in [2.75, 3.05) is 0 Å². The average molecular weight is 232 g/mol. The first-order valence-electron chi connectivity index (χ1n) is 4.67. The fourth-order valence-corrected chi connectivity index (χ4v) is 1.17. The Labute approximate surface area is 95.5 Å². The molecule has 86 valence electrons. The van der Waals surface area contributed by atoms with Crippen LogP contribution in [0.15, 0.2) is 42.9 Å². The van der Waals surface area contributed by atoms with E-state index in [1.807, 2.05) is 0 Å². The van der Waals surface area contributed by atoms with Gasteiger partial charge in [-0.2, -0.15) is 4.73 Å². The summed E-state index contributed by atoms with van der Waals surface area (Å²) in [6.45, 7) is 0. The standard InChI is InChI=1S/C10H8N4O3/c11-8-3-6-13(7-4-8)17-10-9(14(15)16)2-1-5-12-10/h1-7,11H. The molecule has 0 spiro atoms. The fourth-order valence-electron chi connectivity index (χ4n) is 1.17. The third-order valence-electron chi connectivity index (χ3n) is 1.94. The van der Waals surface area contributed by atoms with E-state index in [0.29, 0.717) is 5.36 Å². The highest BCUT2D eigenvalue weighted by Gasteiger charge is 2.16. The van der Waals surface area contributed by atoms with Crippen molar-refractivity contribution in [2.45, 2.75) is 0 Å². The molecule has 0 aromatic carbocycles. The van der Waals surface area contributed by atoms with Crippen LogP contribution in [0.4, 0.5) is 5.69 Å². The zero-order chi connectivity index (χ0) is 12.3. The molecule has 7 heteroatoms. The number of nitrogens with zero attached hydrogens (tertiary/aromatic N) is 3. The molecule has 0 saturated carbocycles. The fraction of sp³-hybridized carbons (Fsp3) is 0. The third-order valence-corrected chi connectivity index (χ3v) is 1.94. The first-order valence-corrected chi connectivity index (χ1v) is 4.67. The van der Waals surface area contributed by atoms with Crippen molar-refractivity contribution < 1.29 is 9.76 Å². The van der Waals surface area contributed by atoms with Gasteiger partial charge in [-0.15, -0.1) is 0 Å². The smallest absolute Gasteiger partial charge is 0.333 e. The number of nitro groups is 1. The molecule has 2 aromatic heterocycles. The van der Waals surface area contributed by atoms with Gasteiger partial charge >= 0.3 is 11.6 Å². The van der Waals surface area contributed by atoms with Crippen LogP contribution in [0.3, 0.4) is 0 Å². The Morgan fingerprint density at radius 1 is 1.35 bits per heavy atom. The molecule has 0 radical (unpaired) electrons. The molecule has 0 unspecified atom stereocenters. The third kappa shape index (κ3) is 2.46. The van der Waals surface area contributed by atoms with Crippen LogP contribution >= 0.6 is 0 Å². The van der Waals surface area contributed by atoms with E-state index in [1.54, 1.807) is 0 Å². The van der Waals surface area contributed by atoms with E-state index in [-0.39, 0.29) is 11.6 Å². The Hall–Kier alpha value is -2.70. The molecule has 0 amide bonds. The highest BCUT2D eigenvalue weighted by molar-refractivity contribution is 5.39. The lowest BCUT2D eigenvalue weighted by Crippen LogP contribution is -2.10. The predicted molar refractivity (Wildman–Crippen MR) is 57.2 cm³/mol. The van der Waals surface area contributed by atoms with E-state index in [2.05, 4.69) is 4.98 Å². The summed E-state index contributed by atoms with van der Waals surface area (Å²) in [5.41, 5.74) is -0.213. The van der Waals surface area contributed by atoms with E-state index >= 15 is 0 Å². The molecule has 0 aliphatic rings. The molecule has 7 nitrogen and oxygen atoms in total. The van der Waals surface area contributed by atoms with Gasteiger partial charge in [-0.05, 0) is 18.2 Å². The maximum absolute atomic E-state index is 10.7. The van der Waals surface area contributed by atoms with Crippen molar-refractivity contribution in [3.05, 3.63) is 58.3 Å². The number of aromatic nitrogens is 2. The molecule has 0 aliphatic heterocycles. The molecule has 0 fully saturated rings. The lowest BCUT2D eigenvalue weighted by atomic mass is 10.4. The highest BCUT2D eigenvalue weighted by atomic mass is 16.7. The zero-order valence-corrected chi connectivity index (χ0v) is 8.61. The van der Waals surface area contributed by atoms with Gasteiger partial charge in [0.1, 0.15) is 0 Å². The van der Waals surface area contributed by atoms with Crippen LogP contribution < -0.4 is 10.2 Å². The van der Waals surface area contributed by atoms with Crippen molar-refractivity contribution in [1.29, 1.82) is 5.41 Å². The molecule has 1 N–H and O–H groups in total. The molecule has 2 aromatic rings. The van der Waals surface area contributed by atoms with Crippen LogP contribution in [-0.2, 0) is 0 Å². The molecule has 2 heterocycles. The molecular weight excluding hydrogens is 224 g/mol. The maximum Gasteiger partial charge on any atom is 0.333 e. The first kappa shape index (κ1) is 10.8. The second-order valence-corrected chi connectivity index (χ2v) is 3.12. The highest BCUT2D eigenvalue weighted by Crippen LogP contribution is 2.22. The minimum Gasteiger partial charge on any atom is -0.348 e. The number of nitrogens with one attached hydrogen (secondary N) is 1. The summed E-state index contributed by atoms with van der Waals surface area (Å²) in [5, 5.41) is 18.3. The van der Waals surface area contributed by atoms with E-state index in [9.17, 15) is 10.1 Å². The van der Waals surface area contributed by atoms with Crippen molar-refractivity contribution in [3.63, 3.8) is 0 Å². The molecule has 17 heavy (non-hydrogen) atoms. The lowest BCUT2D eigenvalue weighted by molar-refractivity contribution is -0.386. The van der Waals surface area contributed by atoms with Gasteiger partial charge in [0.2, 0.25) is 0 Å². The molecular formula is C10H8N4O3. The van der Waals surface area contributed by atoms with Gasteiger partial charge in [-0.1, -0.05) is 0 Å². The van der Waals surface area contributed by atoms with E-state index in [4.69, 9.17) is 10.2 Å². The van der Waals surface area contributed by atoms with E-state index in [0.717, 1.165) is 0 Å². The summed E-state index contributed by atoms with van der Waals surface area (Å²) in [5.74, 6) is -0.0970. The number of hydrogen-bond acceptors (Lipinski definition) is 5. The number of rotatable bonds is 3. The SMILES string of the molecule is N=c1ccn(Oc2ncccc2[N+](=O)[O-])cc1. The van der Waals surface area contributed by atoms with Crippen LogP contribution in [0.1, 0.15) is 0 Å². The van der Waals surface area contributed by atoms with Gasteiger partial charge in [-0.25, -0.2) is 4.98 Å². The minimum absolute atomic E-state index is 0.0970. The predicted octanol–water partition coefficient (Wildman–Crippen LogP) is 1.11. The second kappa shape index (κ2) is 4.44. The van der Waals surface area contributed by atoms with Crippen LogP contribution in [0.2, 0.25) is 0 Å². The Bertz CT molecular complexity index is 588.